The first kappa shape index (κ1) is 10.0. The van der Waals surface area contributed by atoms with E-state index < -0.39 is 0 Å². The van der Waals surface area contributed by atoms with Crippen molar-refractivity contribution in [3.63, 3.8) is 0 Å². The first-order valence-corrected chi connectivity index (χ1v) is 5.14. The maximum atomic E-state index is 10.4. The molecule has 1 heterocycles. The number of rotatable bonds is 2. The lowest BCUT2D eigenvalue weighted by molar-refractivity contribution is 0.111. The van der Waals surface area contributed by atoms with Crippen LogP contribution in [0.2, 0.25) is 0 Å². The van der Waals surface area contributed by atoms with Crippen molar-refractivity contribution >= 4 is 22.2 Å². The number of carbonyl (C=O) groups is 1. The zero-order chi connectivity index (χ0) is 10.8. The Kier molecular flexibility index (Phi) is 2.64. The van der Waals surface area contributed by atoms with E-state index in [1.807, 2.05) is 25.1 Å². The van der Waals surface area contributed by atoms with E-state index in [1.165, 1.54) is 0 Å². The highest BCUT2D eigenvalue weighted by atomic mass is 79.9. The van der Waals surface area contributed by atoms with Gasteiger partial charge in [-0.05, 0) is 24.6 Å². The molecule has 15 heavy (non-hydrogen) atoms. The molecule has 4 nitrogen and oxygen atoms in total. The minimum Gasteiger partial charge on any atom is -0.296 e. The molecular weight excluding hydrogens is 258 g/mol. The zero-order valence-corrected chi connectivity index (χ0v) is 9.60. The van der Waals surface area contributed by atoms with Crippen LogP contribution in [0.1, 0.15) is 16.1 Å². The minimum atomic E-state index is 0.326. The number of aryl methyl sites for hydroxylation is 1. The summed E-state index contributed by atoms with van der Waals surface area (Å²) in [6.45, 7) is 2.01. The fourth-order valence-corrected chi connectivity index (χ4v) is 1.55. The second kappa shape index (κ2) is 3.94. The van der Waals surface area contributed by atoms with Gasteiger partial charge in [-0.1, -0.05) is 27.2 Å². The highest BCUT2D eigenvalue weighted by Gasteiger charge is 2.03. The predicted octanol–water partition coefficient (Wildman–Crippen LogP) is 2.15. The number of aldehydes is 1. The fraction of sp³-hybridized carbons (Fsp3) is 0.100. The Balaban J connectivity index is 2.44. The van der Waals surface area contributed by atoms with Gasteiger partial charge >= 0.3 is 0 Å². The number of hydrogen-bond acceptors (Lipinski definition) is 3. The smallest absolute Gasteiger partial charge is 0.171 e. The summed E-state index contributed by atoms with van der Waals surface area (Å²) in [7, 11) is 0. The van der Waals surface area contributed by atoms with Crippen molar-refractivity contribution in [2.45, 2.75) is 6.92 Å². The Bertz CT molecular complexity index is 507. The molecule has 0 amide bonds. The summed E-state index contributed by atoms with van der Waals surface area (Å²) in [4.78, 5) is 10.4. The molecule has 0 fully saturated rings. The lowest BCUT2D eigenvalue weighted by Gasteiger charge is -2.02. The number of hydrogen-bond donors (Lipinski definition) is 0. The molecule has 0 unspecified atom stereocenters. The number of carbonyl (C=O) groups excluding carboxylic acids is 1. The van der Waals surface area contributed by atoms with Gasteiger partial charge in [0.05, 0.1) is 11.9 Å². The zero-order valence-electron chi connectivity index (χ0n) is 8.01. The molecule has 0 saturated carbocycles. The molecule has 5 heteroatoms. The van der Waals surface area contributed by atoms with Crippen molar-refractivity contribution in [1.82, 2.24) is 15.0 Å². The van der Waals surface area contributed by atoms with Crippen LogP contribution in [0, 0.1) is 6.92 Å². The SMILES string of the molecule is Cc1ccc(-n2cc(C=O)nn2)cc1Br. The maximum absolute atomic E-state index is 10.4. The molecule has 0 atom stereocenters. The maximum Gasteiger partial charge on any atom is 0.171 e. The fourth-order valence-electron chi connectivity index (χ4n) is 1.18. The van der Waals surface area contributed by atoms with Crippen LogP contribution in [-0.4, -0.2) is 21.3 Å². The molecule has 0 saturated heterocycles. The Morgan fingerprint density at radius 1 is 1.47 bits per heavy atom. The molecule has 0 aliphatic carbocycles. The quantitative estimate of drug-likeness (QED) is 0.782. The standard InChI is InChI=1S/C10H8BrN3O/c1-7-2-3-9(4-10(7)11)14-5-8(6-15)12-13-14/h2-6H,1H3. The molecule has 1 aromatic heterocycles. The Labute approximate surface area is 95.0 Å². The van der Waals surface area contributed by atoms with E-state index in [-0.39, 0.29) is 0 Å². The van der Waals surface area contributed by atoms with Crippen LogP contribution < -0.4 is 0 Å². The van der Waals surface area contributed by atoms with Gasteiger partial charge in [0, 0.05) is 4.47 Å². The van der Waals surface area contributed by atoms with Gasteiger partial charge in [0.1, 0.15) is 5.69 Å². The minimum absolute atomic E-state index is 0.326. The molecule has 0 aliphatic heterocycles. The lowest BCUT2D eigenvalue weighted by Crippen LogP contribution is -1.95. The second-order valence-corrected chi connectivity index (χ2v) is 3.99. The van der Waals surface area contributed by atoms with E-state index in [0.717, 1.165) is 15.7 Å². The summed E-state index contributed by atoms with van der Waals surface area (Å²) in [6.07, 6.45) is 2.26. The number of halogens is 1. The van der Waals surface area contributed by atoms with E-state index in [0.29, 0.717) is 12.0 Å². The van der Waals surface area contributed by atoms with Crippen molar-refractivity contribution in [1.29, 1.82) is 0 Å². The van der Waals surface area contributed by atoms with Gasteiger partial charge in [-0.15, -0.1) is 5.10 Å². The van der Waals surface area contributed by atoms with Crippen LogP contribution in [0.4, 0.5) is 0 Å². The van der Waals surface area contributed by atoms with Gasteiger partial charge in [-0.25, -0.2) is 4.68 Å². The van der Waals surface area contributed by atoms with Gasteiger partial charge in [0.2, 0.25) is 0 Å². The van der Waals surface area contributed by atoms with Crippen LogP contribution in [0.15, 0.2) is 28.9 Å². The second-order valence-electron chi connectivity index (χ2n) is 3.14. The molecule has 0 radical (unpaired) electrons. The third-order valence-electron chi connectivity index (χ3n) is 2.05. The van der Waals surface area contributed by atoms with Gasteiger partial charge in [0.25, 0.3) is 0 Å². The Hall–Kier alpha value is -1.49. The highest BCUT2D eigenvalue weighted by molar-refractivity contribution is 9.10. The molecule has 1 aromatic carbocycles. The predicted molar refractivity (Wildman–Crippen MR) is 59.2 cm³/mol. The lowest BCUT2D eigenvalue weighted by atomic mass is 10.2. The molecule has 0 N–H and O–H groups in total. The monoisotopic (exact) mass is 265 g/mol. The molecule has 2 rings (SSSR count). The summed E-state index contributed by atoms with van der Waals surface area (Å²) in [5, 5.41) is 7.54. The third kappa shape index (κ3) is 1.97. The normalized spacial score (nSPS) is 10.3. The summed E-state index contributed by atoms with van der Waals surface area (Å²) in [5.74, 6) is 0. The number of aromatic nitrogens is 3. The third-order valence-corrected chi connectivity index (χ3v) is 2.91. The average molecular weight is 266 g/mol. The molecule has 0 bridgehead atoms. The molecule has 0 aliphatic rings. The number of nitrogens with zero attached hydrogens (tertiary/aromatic N) is 3. The van der Waals surface area contributed by atoms with E-state index in [2.05, 4.69) is 26.2 Å². The van der Waals surface area contributed by atoms with Crippen LogP contribution in [0.25, 0.3) is 5.69 Å². The first-order valence-electron chi connectivity index (χ1n) is 4.35. The van der Waals surface area contributed by atoms with Crippen LogP contribution >= 0.6 is 15.9 Å². The average Bonchev–Trinajstić information content (AvgIpc) is 2.70. The summed E-state index contributed by atoms with van der Waals surface area (Å²) in [6, 6.07) is 5.82. The van der Waals surface area contributed by atoms with Gasteiger partial charge in [-0.2, -0.15) is 0 Å². The molecule has 2 aromatic rings. The molecular formula is C10H8BrN3O. The summed E-state index contributed by atoms with van der Waals surface area (Å²) in [5.41, 5.74) is 2.34. The van der Waals surface area contributed by atoms with Crippen LogP contribution in [0.5, 0.6) is 0 Å². The first-order chi connectivity index (χ1) is 7.20. The molecule has 76 valence electrons. The van der Waals surface area contributed by atoms with Gasteiger partial charge in [0.15, 0.2) is 6.29 Å². The summed E-state index contributed by atoms with van der Waals surface area (Å²) < 4.78 is 2.57. The van der Waals surface area contributed by atoms with Crippen LogP contribution in [-0.2, 0) is 0 Å². The van der Waals surface area contributed by atoms with Crippen molar-refractivity contribution in [3.8, 4) is 5.69 Å². The summed E-state index contributed by atoms with van der Waals surface area (Å²) >= 11 is 3.44. The highest BCUT2D eigenvalue weighted by Crippen LogP contribution is 2.19. The van der Waals surface area contributed by atoms with Crippen molar-refractivity contribution in [3.05, 3.63) is 40.1 Å². The van der Waals surface area contributed by atoms with Crippen molar-refractivity contribution in [2.24, 2.45) is 0 Å². The van der Waals surface area contributed by atoms with Crippen molar-refractivity contribution in [2.75, 3.05) is 0 Å². The van der Waals surface area contributed by atoms with Gasteiger partial charge in [-0.3, -0.25) is 4.79 Å². The Morgan fingerprint density at radius 2 is 2.27 bits per heavy atom. The van der Waals surface area contributed by atoms with E-state index in [1.54, 1.807) is 10.9 Å². The van der Waals surface area contributed by atoms with Crippen LogP contribution in [0.3, 0.4) is 0 Å². The largest absolute Gasteiger partial charge is 0.296 e. The number of benzene rings is 1. The van der Waals surface area contributed by atoms with E-state index >= 15 is 0 Å². The van der Waals surface area contributed by atoms with Crippen molar-refractivity contribution < 1.29 is 4.79 Å². The molecule has 0 spiro atoms. The Morgan fingerprint density at radius 3 is 2.87 bits per heavy atom. The van der Waals surface area contributed by atoms with E-state index in [9.17, 15) is 4.79 Å². The van der Waals surface area contributed by atoms with E-state index in [4.69, 9.17) is 0 Å². The van der Waals surface area contributed by atoms with Gasteiger partial charge < -0.3 is 0 Å². The topological polar surface area (TPSA) is 47.8 Å².